The van der Waals surface area contributed by atoms with Crippen molar-refractivity contribution in [1.29, 1.82) is 0 Å². The lowest BCUT2D eigenvalue weighted by molar-refractivity contribution is 0.429. The van der Waals surface area contributed by atoms with Crippen molar-refractivity contribution in [2.24, 2.45) is 0 Å². The molecule has 0 spiro atoms. The first-order valence-corrected chi connectivity index (χ1v) is 10.7. The molecule has 2 aromatic rings. The third kappa shape index (κ3) is 3.14. The van der Waals surface area contributed by atoms with Crippen LogP contribution in [0.15, 0.2) is 18.6 Å². The fourth-order valence-electron chi connectivity index (χ4n) is 3.00. The lowest BCUT2D eigenvalue weighted by Crippen LogP contribution is -2.47. The van der Waals surface area contributed by atoms with Gasteiger partial charge in [-0.1, -0.05) is 6.92 Å². The Labute approximate surface area is 141 Å². The Hall–Kier alpha value is -0.540. The van der Waals surface area contributed by atoms with E-state index in [0.29, 0.717) is 6.04 Å². The predicted octanol–water partition coefficient (Wildman–Crippen LogP) is 3.25. The number of hydrogen-bond acceptors (Lipinski definition) is 5. The van der Waals surface area contributed by atoms with Crippen molar-refractivity contribution in [3.05, 3.63) is 18.6 Å². The predicted molar refractivity (Wildman–Crippen MR) is 98.1 cm³/mol. The van der Waals surface area contributed by atoms with Crippen LogP contribution < -0.4 is 10.2 Å². The third-order valence-electron chi connectivity index (χ3n) is 3.95. The van der Waals surface area contributed by atoms with Crippen molar-refractivity contribution in [1.82, 2.24) is 19.3 Å². The number of nitrogens with one attached hydrogen (secondary N) is 1. The van der Waals surface area contributed by atoms with Crippen LogP contribution in [0.25, 0.3) is 11.0 Å². The molecule has 0 radical (unpaired) electrons. The molecule has 1 saturated heterocycles. The van der Waals surface area contributed by atoms with Crippen molar-refractivity contribution in [3.63, 3.8) is 0 Å². The molecule has 21 heavy (non-hydrogen) atoms. The quantitative estimate of drug-likeness (QED) is 0.757. The van der Waals surface area contributed by atoms with Crippen LogP contribution in [0.2, 0.25) is 0 Å². The molecule has 0 aliphatic carbocycles. The molecule has 1 fully saturated rings. The minimum Gasteiger partial charge on any atom is -0.352 e. The first kappa shape index (κ1) is 15.4. The first-order valence-electron chi connectivity index (χ1n) is 7.43. The largest absolute Gasteiger partial charge is 0.352 e. The second-order valence-electron chi connectivity index (χ2n) is 5.34. The van der Waals surface area contributed by atoms with E-state index in [2.05, 4.69) is 64.5 Å². The number of aromatic nitrogens is 3. The number of anilines is 1. The summed E-state index contributed by atoms with van der Waals surface area (Å²) in [5.41, 5.74) is 1.00. The van der Waals surface area contributed by atoms with E-state index in [4.69, 9.17) is 0 Å². The Morgan fingerprint density at radius 1 is 1.52 bits per heavy atom. The number of nitrogens with zero attached hydrogens (tertiary/aromatic N) is 4. The SMILES string of the molecule is CCCN(c1ncnc2c1ccn2SI)C1CCCNC1. The Morgan fingerprint density at radius 2 is 2.43 bits per heavy atom. The second kappa shape index (κ2) is 7.15. The van der Waals surface area contributed by atoms with E-state index in [0.717, 1.165) is 42.9 Å². The summed E-state index contributed by atoms with van der Waals surface area (Å²) in [6, 6.07) is 2.67. The maximum absolute atomic E-state index is 4.61. The van der Waals surface area contributed by atoms with E-state index >= 15 is 0 Å². The smallest absolute Gasteiger partial charge is 0.156 e. The van der Waals surface area contributed by atoms with Crippen molar-refractivity contribution in [2.45, 2.75) is 32.2 Å². The van der Waals surface area contributed by atoms with Crippen LogP contribution in [0.4, 0.5) is 5.82 Å². The zero-order valence-electron chi connectivity index (χ0n) is 12.1. The zero-order chi connectivity index (χ0) is 14.7. The summed E-state index contributed by atoms with van der Waals surface area (Å²) in [6.45, 7) is 5.46. The van der Waals surface area contributed by atoms with E-state index in [1.807, 2.05) is 0 Å². The summed E-state index contributed by atoms with van der Waals surface area (Å²) >= 11 is 2.28. The van der Waals surface area contributed by atoms with Crippen molar-refractivity contribution < 1.29 is 0 Å². The fourth-order valence-corrected chi connectivity index (χ4v) is 4.27. The lowest BCUT2D eigenvalue weighted by Gasteiger charge is -2.35. The van der Waals surface area contributed by atoms with Gasteiger partial charge in [0.2, 0.25) is 0 Å². The van der Waals surface area contributed by atoms with E-state index in [1.54, 1.807) is 15.4 Å². The zero-order valence-corrected chi connectivity index (χ0v) is 15.1. The first-order chi connectivity index (χ1) is 10.3. The monoisotopic (exact) mass is 417 g/mol. The molecule has 0 bridgehead atoms. The van der Waals surface area contributed by atoms with Crippen LogP contribution in [0.3, 0.4) is 0 Å². The molecule has 1 aliphatic heterocycles. The van der Waals surface area contributed by atoms with E-state index in [9.17, 15) is 0 Å². The summed E-state index contributed by atoms with van der Waals surface area (Å²) in [5, 5.41) is 4.67. The highest BCUT2D eigenvalue weighted by molar-refractivity contribution is 14.2. The molecular weight excluding hydrogens is 397 g/mol. The van der Waals surface area contributed by atoms with Crippen molar-refractivity contribution in [3.8, 4) is 0 Å². The maximum Gasteiger partial charge on any atom is 0.156 e. The summed E-state index contributed by atoms with van der Waals surface area (Å²) < 4.78 is 2.09. The van der Waals surface area contributed by atoms with E-state index in [1.165, 1.54) is 12.8 Å². The van der Waals surface area contributed by atoms with Gasteiger partial charge in [0, 0.05) is 55.7 Å². The summed E-state index contributed by atoms with van der Waals surface area (Å²) in [4.78, 5) is 11.5. The van der Waals surface area contributed by atoms with Crippen LogP contribution in [-0.4, -0.2) is 39.6 Å². The topological polar surface area (TPSA) is 46.0 Å². The molecule has 1 aliphatic rings. The molecule has 0 amide bonds. The van der Waals surface area contributed by atoms with Crippen LogP contribution >= 0.6 is 30.3 Å². The van der Waals surface area contributed by atoms with Crippen molar-refractivity contribution in [2.75, 3.05) is 24.5 Å². The summed E-state index contributed by atoms with van der Waals surface area (Å²) in [7, 11) is 1.64. The molecular formula is C14H20IN5S. The fraction of sp³-hybridized carbons (Fsp3) is 0.571. The highest BCUT2D eigenvalue weighted by atomic mass is 127. The molecule has 3 heterocycles. The van der Waals surface area contributed by atoms with Gasteiger partial charge in [-0.05, 0) is 31.9 Å². The van der Waals surface area contributed by atoms with Gasteiger partial charge in [-0.15, -0.1) is 0 Å². The average Bonchev–Trinajstić information content (AvgIpc) is 2.97. The summed E-state index contributed by atoms with van der Waals surface area (Å²) in [6.07, 6.45) is 7.37. The van der Waals surface area contributed by atoms with Gasteiger partial charge >= 0.3 is 0 Å². The maximum atomic E-state index is 4.61. The number of piperidine rings is 1. The normalized spacial score (nSPS) is 19.0. The van der Waals surface area contributed by atoms with Crippen LogP contribution in [0.1, 0.15) is 26.2 Å². The molecule has 114 valence electrons. The average molecular weight is 417 g/mol. The molecule has 1 N–H and O–H groups in total. The van der Waals surface area contributed by atoms with Gasteiger partial charge in [0.25, 0.3) is 0 Å². The van der Waals surface area contributed by atoms with Gasteiger partial charge < -0.3 is 10.2 Å². The highest BCUT2D eigenvalue weighted by Crippen LogP contribution is 2.30. The second-order valence-corrected chi connectivity index (χ2v) is 7.05. The van der Waals surface area contributed by atoms with E-state index in [-0.39, 0.29) is 0 Å². The Morgan fingerprint density at radius 3 is 3.14 bits per heavy atom. The third-order valence-corrected chi connectivity index (χ3v) is 5.67. The minimum absolute atomic E-state index is 0.535. The van der Waals surface area contributed by atoms with Gasteiger partial charge in [0.05, 0.1) is 5.39 Å². The molecule has 0 saturated carbocycles. The highest BCUT2D eigenvalue weighted by Gasteiger charge is 2.23. The Balaban J connectivity index is 2.00. The van der Waals surface area contributed by atoms with Gasteiger partial charge in [0.15, 0.2) is 5.65 Å². The number of rotatable bonds is 5. The lowest BCUT2D eigenvalue weighted by atomic mass is 10.1. The molecule has 0 aromatic carbocycles. The molecule has 5 nitrogen and oxygen atoms in total. The summed E-state index contributed by atoms with van der Waals surface area (Å²) in [5.74, 6) is 1.08. The Kier molecular flexibility index (Phi) is 5.23. The van der Waals surface area contributed by atoms with Crippen LogP contribution in [0, 0.1) is 0 Å². The van der Waals surface area contributed by atoms with Crippen LogP contribution in [-0.2, 0) is 0 Å². The number of halogens is 1. The number of hydrogen-bond donors (Lipinski definition) is 1. The van der Waals surface area contributed by atoms with Gasteiger partial charge in [-0.2, -0.15) is 0 Å². The van der Waals surface area contributed by atoms with Gasteiger partial charge in [-0.3, -0.25) is 3.97 Å². The molecule has 7 heteroatoms. The molecule has 3 rings (SSSR count). The van der Waals surface area contributed by atoms with Gasteiger partial charge in [0.1, 0.15) is 12.1 Å². The Bertz CT molecular complexity index is 596. The molecule has 1 atom stereocenters. The van der Waals surface area contributed by atoms with Crippen molar-refractivity contribution >= 4 is 47.2 Å². The standard InChI is InChI=1S/C14H20IN5S/c1-2-7-19(11-4-3-6-16-9-11)13-12-5-8-20(21-15)14(12)18-10-17-13/h5,8,10-11,16H,2-4,6-7,9H2,1H3. The van der Waals surface area contributed by atoms with E-state index < -0.39 is 0 Å². The molecule has 2 aromatic heterocycles. The molecule has 1 unspecified atom stereocenters. The minimum atomic E-state index is 0.535. The van der Waals surface area contributed by atoms with Crippen LogP contribution in [0.5, 0.6) is 0 Å². The van der Waals surface area contributed by atoms with Gasteiger partial charge in [-0.25, -0.2) is 9.97 Å². The number of fused-ring (bicyclic) bond motifs is 1.